The monoisotopic (exact) mass is 419 g/mol. The standard InChI is InChI=1S/C25H45N3O2/c1-21(2)20-26-14-16-27(17-15-26)23-9-18-30-25(19-23)10-12-28(13-11-25)24(29)8-7-22-5-3-4-6-22/h21-23H,3-20H2,1-2H3/t23-/m0/s1. The van der Waals surface area contributed by atoms with Crippen molar-refractivity contribution < 1.29 is 9.53 Å². The first-order valence-corrected chi connectivity index (χ1v) is 12.9. The van der Waals surface area contributed by atoms with Crippen molar-refractivity contribution in [1.82, 2.24) is 14.7 Å². The Morgan fingerprint density at radius 3 is 2.37 bits per heavy atom. The van der Waals surface area contributed by atoms with Crippen molar-refractivity contribution in [2.24, 2.45) is 11.8 Å². The van der Waals surface area contributed by atoms with Crippen LogP contribution in [0.3, 0.4) is 0 Å². The second-order valence-corrected chi connectivity index (χ2v) is 11.0. The second-order valence-electron chi connectivity index (χ2n) is 11.0. The highest BCUT2D eigenvalue weighted by Crippen LogP contribution is 2.37. The molecule has 3 saturated heterocycles. The highest BCUT2D eigenvalue weighted by molar-refractivity contribution is 5.76. The van der Waals surface area contributed by atoms with E-state index in [1.807, 2.05) is 0 Å². The summed E-state index contributed by atoms with van der Waals surface area (Å²) in [6.45, 7) is 13.4. The summed E-state index contributed by atoms with van der Waals surface area (Å²) in [6, 6.07) is 0.671. The molecule has 3 heterocycles. The van der Waals surface area contributed by atoms with Crippen molar-refractivity contribution in [1.29, 1.82) is 0 Å². The number of amides is 1. The molecular formula is C25H45N3O2. The summed E-state index contributed by atoms with van der Waals surface area (Å²) in [5.41, 5.74) is 0.0280. The molecule has 1 aliphatic carbocycles. The van der Waals surface area contributed by atoms with E-state index in [2.05, 4.69) is 28.5 Å². The molecule has 4 rings (SSSR count). The zero-order valence-electron chi connectivity index (χ0n) is 19.6. The molecule has 0 unspecified atom stereocenters. The summed E-state index contributed by atoms with van der Waals surface area (Å²) in [5, 5.41) is 0. The first-order chi connectivity index (χ1) is 14.5. The predicted octanol–water partition coefficient (Wildman–Crippen LogP) is 3.77. The molecule has 5 nitrogen and oxygen atoms in total. The molecule has 1 spiro atoms. The number of nitrogens with zero attached hydrogens (tertiary/aromatic N) is 3. The van der Waals surface area contributed by atoms with E-state index in [0.717, 1.165) is 57.2 Å². The zero-order valence-corrected chi connectivity index (χ0v) is 19.6. The maximum atomic E-state index is 12.7. The molecule has 0 aromatic rings. The van der Waals surface area contributed by atoms with Gasteiger partial charge in [-0.1, -0.05) is 39.5 Å². The molecule has 4 fully saturated rings. The second kappa shape index (κ2) is 10.3. The fourth-order valence-corrected chi connectivity index (χ4v) is 6.44. The van der Waals surface area contributed by atoms with Crippen molar-refractivity contribution in [3.63, 3.8) is 0 Å². The number of carbonyl (C=O) groups excluding carboxylic acids is 1. The minimum absolute atomic E-state index is 0.0280. The van der Waals surface area contributed by atoms with Crippen molar-refractivity contribution in [3.05, 3.63) is 0 Å². The minimum atomic E-state index is 0.0280. The number of rotatable bonds is 6. The number of likely N-dealkylation sites (tertiary alicyclic amines) is 1. The first-order valence-electron chi connectivity index (χ1n) is 12.9. The van der Waals surface area contributed by atoms with Crippen LogP contribution in [0.25, 0.3) is 0 Å². The fraction of sp³-hybridized carbons (Fsp3) is 0.960. The predicted molar refractivity (Wildman–Crippen MR) is 122 cm³/mol. The number of piperazine rings is 1. The Labute approximate surface area is 184 Å². The van der Waals surface area contributed by atoms with Gasteiger partial charge in [-0.05, 0) is 43.9 Å². The van der Waals surface area contributed by atoms with Gasteiger partial charge in [0.2, 0.25) is 5.91 Å². The van der Waals surface area contributed by atoms with Gasteiger partial charge in [0.25, 0.3) is 0 Å². The lowest BCUT2D eigenvalue weighted by molar-refractivity contribution is -0.150. The normalized spacial score (nSPS) is 29.2. The lowest BCUT2D eigenvalue weighted by Crippen LogP contribution is -2.57. The van der Waals surface area contributed by atoms with Gasteiger partial charge in [0, 0.05) is 64.9 Å². The number of hydrogen-bond acceptors (Lipinski definition) is 4. The molecule has 3 aliphatic heterocycles. The molecule has 0 aromatic carbocycles. The number of piperidine rings is 1. The lowest BCUT2D eigenvalue weighted by Gasteiger charge is -2.49. The summed E-state index contributed by atoms with van der Waals surface area (Å²) in [6.07, 6.45) is 11.7. The highest BCUT2D eigenvalue weighted by atomic mass is 16.5. The van der Waals surface area contributed by atoms with Crippen molar-refractivity contribution in [3.8, 4) is 0 Å². The van der Waals surface area contributed by atoms with Crippen LogP contribution in [0, 0.1) is 11.8 Å². The summed E-state index contributed by atoms with van der Waals surface area (Å²) < 4.78 is 6.40. The van der Waals surface area contributed by atoms with Crippen LogP contribution in [0.1, 0.15) is 78.1 Å². The molecule has 0 N–H and O–H groups in total. The molecule has 1 saturated carbocycles. The third kappa shape index (κ3) is 5.77. The Bertz CT molecular complexity index is 545. The zero-order chi connectivity index (χ0) is 21.0. The van der Waals surface area contributed by atoms with Gasteiger partial charge in [-0.2, -0.15) is 0 Å². The molecule has 30 heavy (non-hydrogen) atoms. The first kappa shape index (κ1) is 22.5. The molecule has 0 radical (unpaired) electrons. The number of hydrogen-bond donors (Lipinski definition) is 0. The average molecular weight is 420 g/mol. The van der Waals surface area contributed by atoms with E-state index in [1.54, 1.807) is 0 Å². The van der Waals surface area contributed by atoms with Crippen LogP contribution in [-0.4, -0.2) is 84.7 Å². The van der Waals surface area contributed by atoms with Crippen LogP contribution in [0.15, 0.2) is 0 Å². The summed E-state index contributed by atoms with van der Waals surface area (Å²) in [7, 11) is 0. The van der Waals surface area contributed by atoms with Crippen molar-refractivity contribution in [2.45, 2.75) is 89.7 Å². The Kier molecular flexibility index (Phi) is 7.75. The van der Waals surface area contributed by atoms with Gasteiger partial charge in [0.15, 0.2) is 0 Å². The topological polar surface area (TPSA) is 36.0 Å². The van der Waals surface area contributed by atoms with E-state index in [0.29, 0.717) is 11.9 Å². The van der Waals surface area contributed by atoms with E-state index in [9.17, 15) is 4.79 Å². The molecular weight excluding hydrogens is 374 g/mol. The Hall–Kier alpha value is -0.650. The van der Waals surface area contributed by atoms with Gasteiger partial charge < -0.3 is 14.5 Å². The molecule has 4 aliphatic rings. The summed E-state index contributed by atoms with van der Waals surface area (Å²) in [4.78, 5) is 20.2. The lowest BCUT2D eigenvalue weighted by atomic mass is 9.81. The van der Waals surface area contributed by atoms with Gasteiger partial charge >= 0.3 is 0 Å². The number of ether oxygens (including phenoxy) is 1. The Balaban J connectivity index is 1.21. The van der Waals surface area contributed by atoms with Gasteiger partial charge in [0.05, 0.1) is 5.60 Å². The molecule has 0 bridgehead atoms. The maximum absolute atomic E-state index is 12.7. The number of carbonyl (C=O) groups is 1. The highest BCUT2D eigenvalue weighted by Gasteiger charge is 2.42. The van der Waals surface area contributed by atoms with E-state index in [-0.39, 0.29) is 5.60 Å². The molecule has 5 heteroatoms. The molecule has 1 atom stereocenters. The van der Waals surface area contributed by atoms with Crippen LogP contribution in [0.2, 0.25) is 0 Å². The summed E-state index contributed by atoms with van der Waals surface area (Å²) in [5.74, 6) is 1.97. The van der Waals surface area contributed by atoms with Gasteiger partial charge in [-0.25, -0.2) is 0 Å². The van der Waals surface area contributed by atoms with E-state index in [4.69, 9.17) is 4.74 Å². The van der Waals surface area contributed by atoms with Crippen molar-refractivity contribution >= 4 is 5.91 Å². The van der Waals surface area contributed by atoms with Crippen LogP contribution >= 0.6 is 0 Å². The third-order valence-corrected chi connectivity index (χ3v) is 8.28. The largest absolute Gasteiger partial charge is 0.375 e. The van der Waals surface area contributed by atoms with E-state index in [1.165, 1.54) is 71.2 Å². The van der Waals surface area contributed by atoms with Crippen LogP contribution in [0.5, 0.6) is 0 Å². The quantitative estimate of drug-likeness (QED) is 0.657. The van der Waals surface area contributed by atoms with Gasteiger partial charge in [0.1, 0.15) is 0 Å². The van der Waals surface area contributed by atoms with Gasteiger partial charge in [-0.3, -0.25) is 9.69 Å². The van der Waals surface area contributed by atoms with Crippen LogP contribution in [0.4, 0.5) is 0 Å². The third-order valence-electron chi connectivity index (χ3n) is 8.28. The van der Waals surface area contributed by atoms with Crippen molar-refractivity contribution in [2.75, 3.05) is 52.4 Å². The fourth-order valence-electron chi connectivity index (χ4n) is 6.44. The average Bonchev–Trinajstić information content (AvgIpc) is 3.26. The Morgan fingerprint density at radius 1 is 1.00 bits per heavy atom. The van der Waals surface area contributed by atoms with E-state index >= 15 is 0 Å². The molecule has 0 aromatic heterocycles. The summed E-state index contributed by atoms with van der Waals surface area (Å²) >= 11 is 0. The van der Waals surface area contributed by atoms with Crippen LogP contribution in [-0.2, 0) is 9.53 Å². The Morgan fingerprint density at radius 2 is 1.70 bits per heavy atom. The van der Waals surface area contributed by atoms with Gasteiger partial charge in [-0.15, -0.1) is 0 Å². The smallest absolute Gasteiger partial charge is 0.222 e. The SMILES string of the molecule is CC(C)CN1CCN([C@H]2CCOC3(CCN(C(=O)CCC4CCCC4)CC3)C2)CC1. The molecule has 1 amide bonds. The minimum Gasteiger partial charge on any atom is -0.375 e. The maximum Gasteiger partial charge on any atom is 0.222 e. The van der Waals surface area contributed by atoms with Crippen LogP contribution < -0.4 is 0 Å². The molecule has 172 valence electrons. The van der Waals surface area contributed by atoms with E-state index < -0.39 is 0 Å².